The van der Waals surface area contributed by atoms with Crippen LogP contribution in [0.5, 0.6) is 0 Å². The van der Waals surface area contributed by atoms with Crippen LogP contribution in [0.15, 0.2) is 4.99 Å². The van der Waals surface area contributed by atoms with Crippen molar-refractivity contribution in [2.45, 2.75) is 65.0 Å². The third kappa shape index (κ3) is 4.36. The van der Waals surface area contributed by atoms with Gasteiger partial charge < -0.3 is 9.47 Å². The average Bonchev–Trinajstić information content (AvgIpc) is 2.66. The standard InChI is InChI=1S/C13H23NO3/c1-4-6-7-8-9-11-12(13(15)16-5-2)17-10(3)14-11/h11-12H,4-9H2,1-3H3. The van der Waals surface area contributed by atoms with E-state index in [-0.39, 0.29) is 12.0 Å². The number of aliphatic imine (C=N–C) groups is 1. The summed E-state index contributed by atoms with van der Waals surface area (Å²) in [6, 6.07) is -0.0501. The number of hydrogen-bond donors (Lipinski definition) is 0. The summed E-state index contributed by atoms with van der Waals surface area (Å²) in [6.07, 6.45) is 5.12. The fourth-order valence-corrected chi connectivity index (χ4v) is 2.02. The van der Waals surface area contributed by atoms with Crippen molar-refractivity contribution in [2.24, 2.45) is 4.99 Å². The lowest BCUT2D eigenvalue weighted by atomic mass is 10.0. The molecule has 0 saturated heterocycles. The normalized spacial score (nSPS) is 23.1. The van der Waals surface area contributed by atoms with Gasteiger partial charge in [0.05, 0.1) is 6.61 Å². The van der Waals surface area contributed by atoms with E-state index in [1.807, 2.05) is 0 Å². The number of hydrogen-bond acceptors (Lipinski definition) is 4. The molecule has 2 unspecified atom stereocenters. The molecule has 0 amide bonds. The van der Waals surface area contributed by atoms with Gasteiger partial charge in [-0.2, -0.15) is 0 Å². The van der Waals surface area contributed by atoms with Crippen LogP contribution in [0.3, 0.4) is 0 Å². The number of carbonyl (C=O) groups is 1. The van der Waals surface area contributed by atoms with E-state index in [0.717, 1.165) is 12.8 Å². The third-order valence-electron chi connectivity index (χ3n) is 2.87. The Morgan fingerprint density at radius 1 is 1.35 bits per heavy atom. The molecule has 0 spiro atoms. The maximum Gasteiger partial charge on any atom is 0.349 e. The SMILES string of the molecule is CCCCCCC1N=C(C)OC1C(=O)OCC. The molecule has 1 aliphatic heterocycles. The first-order valence-electron chi connectivity index (χ1n) is 6.56. The molecule has 1 heterocycles. The van der Waals surface area contributed by atoms with Crippen molar-refractivity contribution >= 4 is 11.9 Å². The van der Waals surface area contributed by atoms with Crippen molar-refractivity contribution in [1.82, 2.24) is 0 Å². The molecule has 0 N–H and O–H groups in total. The summed E-state index contributed by atoms with van der Waals surface area (Å²) in [5.74, 6) is 0.317. The van der Waals surface area contributed by atoms with Crippen molar-refractivity contribution in [3.05, 3.63) is 0 Å². The van der Waals surface area contributed by atoms with Crippen molar-refractivity contribution in [3.63, 3.8) is 0 Å². The van der Waals surface area contributed by atoms with Crippen LogP contribution in [-0.2, 0) is 14.3 Å². The Balaban J connectivity index is 2.40. The molecule has 1 aliphatic rings. The average molecular weight is 241 g/mol. The number of unbranched alkanes of at least 4 members (excludes halogenated alkanes) is 3. The largest absolute Gasteiger partial charge is 0.464 e. The van der Waals surface area contributed by atoms with Gasteiger partial charge in [-0.1, -0.05) is 32.6 Å². The Morgan fingerprint density at radius 2 is 2.12 bits per heavy atom. The zero-order chi connectivity index (χ0) is 12.7. The molecule has 0 aromatic carbocycles. The molecule has 0 bridgehead atoms. The van der Waals surface area contributed by atoms with Gasteiger partial charge >= 0.3 is 5.97 Å². The molecule has 4 heteroatoms. The number of carbonyl (C=O) groups excluding carboxylic acids is 1. The van der Waals surface area contributed by atoms with E-state index < -0.39 is 6.10 Å². The van der Waals surface area contributed by atoms with Crippen molar-refractivity contribution in [3.8, 4) is 0 Å². The van der Waals surface area contributed by atoms with Gasteiger partial charge in [0, 0.05) is 6.92 Å². The summed E-state index contributed by atoms with van der Waals surface area (Å²) >= 11 is 0. The predicted molar refractivity (Wildman–Crippen MR) is 67.2 cm³/mol. The molecule has 0 aromatic heterocycles. The van der Waals surface area contributed by atoms with Gasteiger partial charge in [0.25, 0.3) is 0 Å². The summed E-state index contributed by atoms with van der Waals surface area (Å²) in [6.45, 7) is 6.16. The lowest BCUT2D eigenvalue weighted by Gasteiger charge is -2.15. The molecular weight excluding hydrogens is 218 g/mol. The van der Waals surface area contributed by atoms with Crippen LogP contribution in [0, 0.1) is 0 Å². The predicted octanol–water partition coefficient (Wildman–Crippen LogP) is 2.71. The topological polar surface area (TPSA) is 47.9 Å². The molecule has 0 aromatic rings. The Kier molecular flexibility index (Phi) is 6.01. The number of esters is 1. The number of nitrogens with zero attached hydrogens (tertiary/aromatic N) is 1. The molecule has 0 aliphatic carbocycles. The quantitative estimate of drug-likeness (QED) is 0.508. The molecule has 2 atom stereocenters. The minimum Gasteiger partial charge on any atom is -0.464 e. The highest BCUT2D eigenvalue weighted by Crippen LogP contribution is 2.20. The Labute approximate surface area is 103 Å². The summed E-state index contributed by atoms with van der Waals surface area (Å²) in [5.41, 5.74) is 0. The lowest BCUT2D eigenvalue weighted by Crippen LogP contribution is -2.33. The van der Waals surface area contributed by atoms with E-state index in [0.29, 0.717) is 12.5 Å². The van der Waals surface area contributed by atoms with Gasteiger partial charge in [-0.25, -0.2) is 9.79 Å². The zero-order valence-electron chi connectivity index (χ0n) is 11.1. The molecule has 0 radical (unpaired) electrons. The van der Waals surface area contributed by atoms with Crippen LogP contribution in [0.1, 0.15) is 52.9 Å². The second-order valence-electron chi connectivity index (χ2n) is 4.36. The van der Waals surface area contributed by atoms with Gasteiger partial charge in [-0.3, -0.25) is 0 Å². The highest BCUT2D eigenvalue weighted by molar-refractivity contribution is 5.84. The van der Waals surface area contributed by atoms with Gasteiger partial charge in [0.1, 0.15) is 6.04 Å². The Morgan fingerprint density at radius 3 is 2.76 bits per heavy atom. The first-order valence-corrected chi connectivity index (χ1v) is 6.56. The Bertz CT molecular complexity index is 276. The summed E-state index contributed by atoms with van der Waals surface area (Å²) in [7, 11) is 0. The molecule has 0 fully saturated rings. The van der Waals surface area contributed by atoms with Gasteiger partial charge in [-0.05, 0) is 13.3 Å². The van der Waals surface area contributed by atoms with E-state index in [1.165, 1.54) is 19.3 Å². The second kappa shape index (κ2) is 7.30. The zero-order valence-corrected chi connectivity index (χ0v) is 11.1. The molecule has 4 nitrogen and oxygen atoms in total. The monoisotopic (exact) mass is 241 g/mol. The van der Waals surface area contributed by atoms with E-state index in [1.54, 1.807) is 13.8 Å². The van der Waals surface area contributed by atoms with Crippen molar-refractivity contribution < 1.29 is 14.3 Å². The van der Waals surface area contributed by atoms with Crippen molar-refractivity contribution in [2.75, 3.05) is 6.61 Å². The number of rotatable bonds is 7. The van der Waals surface area contributed by atoms with Crippen LogP contribution in [-0.4, -0.2) is 30.6 Å². The van der Waals surface area contributed by atoms with Crippen LogP contribution in [0.25, 0.3) is 0 Å². The van der Waals surface area contributed by atoms with Crippen LogP contribution in [0.2, 0.25) is 0 Å². The highest BCUT2D eigenvalue weighted by Gasteiger charge is 2.35. The summed E-state index contributed by atoms with van der Waals surface area (Å²) in [5, 5.41) is 0. The second-order valence-corrected chi connectivity index (χ2v) is 4.36. The Hall–Kier alpha value is -1.06. The first kappa shape index (κ1) is 14.0. The minimum absolute atomic E-state index is 0.0501. The molecular formula is C13H23NO3. The number of ether oxygens (including phenoxy) is 2. The van der Waals surface area contributed by atoms with Gasteiger partial charge in [0.15, 0.2) is 5.90 Å². The van der Waals surface area contributed by atoms with Gasteiger partial charge in [-0.15, -0.1) is 0 Å². The molecule has 0 saturated carbocycles. The van der Waals surface area contributed by atoms with Gasteiger partial charge in [0.2, 0.25) is 6.10 Å². The highest BCUT2D eigenvalue weighted by atomic mass is 16.6. The van der Waals surface area contributed by atoms with E-state index in [4.69, 9.17) is 9.47 Å². The lowest BCUT2D eigenvalue weighted by molar-refractivity contribution is -0.152. The maximum absolute atomic E-state index is 11.7. The van der Waals surface area contributed by atoms with Crippen molar-refractivity contribution in [1.29, 1.82) is 0 Å². The molecule has 17 heavy (non-hydrogen) atoms. The van der Waals surface area contributed by atoms with Crippen LogP contribution >= 0.6 is 0 Å². The summed E-state index contributed by atoms with van der Waals surface area (Å²) < 4.78 is 10.4. The van der Waals surface area contributed by atoms with Crippen LogP contribution in [0.4, 0.5) is 0 Å². The third-order valence-corrected chi connectivity index (χ3v) is 2.87. The van der Waals surface area contributed by atoms with E-state index >= 15 is 0 Å². The fraction of sp³-hybridized carbons (Fsp3) is 0.846. The van der Waals surface area contributed by atoms with Crippen LogP contribution < -0.4 is 0 Å². The summed E-state index contributed by atoms with van der Waals surface area (Å²) in [4.78, 5) is 16.0. The maximum atomic E-state index is 11.7. The smallest absolute Gasteiger partial charge is 0.349 e. The fourth-order valence-electron chi connectivity index (χ4n) is 2.02. The first-order chi connectivity index (χ1) is 8.19. The minimum atomic E-state index is -0.517. The molecule has 98 valence electrons. The van der Waals surface area contributed by atoms with E-state index in [9.17, 15) is 4.79 Å². The molecule has 1 rings (SSSR count). The van der Waals surface area contributed by atoms with E-state index in [2.05, 4.69) is 11.9 Å².